The standard InChI is InChI=1S/C20H24N2O5/c1-4-25-17-11-15(12-18(26-5-2)19(17)27-6-3)20(24)22-21-13-14-7-9-16(23)10-8-14/h7-13,23H,4-6H2,1-3H3,(H,22,24)/b21-13+. The minimum Gasteiger partial charge on any atom is -0.508 e. The first kappa shape index (κ1) is 20.1. The van der Waals surface area contributed by atoms with Crippen molar-refractivity contribution in [1.82, 2.24) is 5.43 Å². The second kappa shape index (κ2) is 10.1. The zero-order valence-corrected chi connectivity index (χ0v) is 15.7. The van der Waals surface area contributed by atoms with E-state index in [0.29, 0.717) is 42.6 Å². The number of amides is 1. The van der Waals surface area contributed by atoms with Crippen LogP contribution < -0.4 is 19.6 Å². The minimum atomic E-state index is -0.407. The van der Waals surface area contributed by atoms with Crippen molar-refractivity contribution in [2.24, 2.45) is 5.10 Å². The molecule has 0 aliphatic rings. The molecule has 7 heteroatoms. The number of benzene rings is 2. The van der Waals surface area contributed by atoms with E-state index in [1.165, 1.54) is 6.21 Å². The summed E-state index contributed by atoms with van der Waals surface area (Å²) in [6, 6.07) is 9.64. The van der Waals surface area contributed by atoms with Crippen molar-refractivity contribution in [3.05, 3.63) is 47.5 Å². The molecule has 2 rings (SSSR count). The van der Waals surface area contributed by atoms with Crippen LogP contribution in [0.5, 0.6) is 23.0 Å². The van der Waals surface area contributed by atoms with Crippen LogP contribution in [-0.2, 0) is 0 Å². The summed E-state index contributed by atoms with van der Waals surface area (Å²) in [5, 5.41) is 13.2. The second-order valence-corrected chi connectivity index (χ2v) is 5.39. The quantitative estimate of drug-likeness (QED) is 0.520. The molecule has 0 aliphatic heterocycles. The number of rotatable bonds is 9. The van der Waals surface area contributed by atoms with Crippen LogP contribution >= 0.6 is 0 Å². The smallest absolute Gasteiger partial charge is 0.271 e. The maximum atomic E-state index is 12.5. The molecule has 2 aromatic carbocycles. The summed E-state index contributed by atoms with van der Waals surface area (Å²) >= 11 is 0. The van der Waals surface area contributed by atoms with E-state index in [0.717, 1.165) is 5.56 Å². The average molecular weight is 372 g/mol. The van der Waals surface area contributed by atoms with Gasteiger partial charge in [0, 0.05) is 5.56 Å². The molecule has 0 aliphatic carbocycles. The Morgan fingerprint density at radius 1 is 1.00 bits per heavy atom. The van der Waals surface area contributed by atoms with Gasteiger partial charge in [-0.1, -0.05) is 0 Å². The molecule has 2 aromatic rings. The number of nitrogens with one attached hydrogen (secondary N) is 1. The Hall–Kier alpha value is -3.22. The summed E-state index contributed by atoms with van der Waals surface area (Å²) in [4.78, 5) is 12.5. The first-order valence-electron chi connectivity index (χ1n) is 8.77. The molecule has 0 spiro atoms. The lowest BCUT2D eigenvalue weighted by atomic mass is 10.1. The number of carbonyl (C=O) groups is 1. The first-order chi connectivity index (χ1) is 13.1. The lowest BCUT2D eigenvalue weighted by molar-refractivity contribution is 0.0954. The third-order valence-electron chi connectivity index (χ3n) is 3.44. The summed E-state index contributed by atoms with van der Waals surface area (Å²) < 4.78 is 16.8. The topological polar surface area (TPSA) is 89.4 Å². The number of ether oxygens (including phenoxy) is 3. The van der Waals surface area contributed by atoms with Crippen LogP contribution in [0, 0.1) is 0 Å². The van der Waals surface area contributed by atoms with Crippen LogP contribution in [0.1, 0.15) is 36.7 Å². The Labute approximate surface area is 158 Å². The molecule has 0 atom stereocenters. The maximum Gasteiger partial charge on any atom is 0.271 e. The molecule has 2 N–H and O–H groups in total. The summed E-state index contributed by atoms with van der Waals surface area (Å²) in [5.74, 6) is 1.12. The van der Waals surface area contributed by atoms with Crippen LogP contribution in [0.15, 0.2) is 41.5 Å². The van der Waals surface area contributed by atoms with Gasteiger partial charge in [-0.2, -0.15) is 5.10 Å². The Morgan fingerprint density at radius 2 is 1.56 bits per heavy atom. The fraction of sp³-hybridized carbons (Fsp3) is 0.300. The van der Waals surface area contributed by atoms with Crippen LogP contribution in [0.4, 0.5) is 0 Å². The fourth-order valence-corrected chi connectivity index (χ4v) is 2.31. The zero-order chi connectivity index (χ0) is 19.6. The van der Waals surface area contributed by atoms with Crippen LogP contribution in [0.3, 0.4) is 0 Å². The van der Waals surface area contributed by atoms with E-state index < -0.39 is 5.91 Å². The Balaban J connectivity index is 2.21. The summed E-state index contributed by atoms with van der Waals surface area (Å²) in [5.41, 5.74) is 3.55. The molecule has 7 nitrogen and oxygen atoms in total. The van der Waals surface area contributed by atoms with Crippen molar-refractivity contribution in [3.63, 3.8) is 0 Å². The Kier molecular flexibility index (Phi) is 7.49. The highest BCUT2D eigenvalue weighted by Crippen LogP contribution is 2.39. The molecule has 0 unspecified atom stereocenters. The van der Waals surface area contributed by atoms with Gasteiger partial charge in [0.15, 0.2) is 11.5 Å². The predicted octanol–water partition coefficient (Wildman–Crippen LogP) is 3.35. The van der Waals surface area contributed by atoms with Crippen molar-refractivity contribution in [1.29, 1.82) is 0 Å². The van der Waals surface area contributed by atoms with Gasteiger partial charge in [-0.05, 0) is 62.7 Å². The van der Waals surface area contributed by atoms with Gasteiger partial charge >= 0.3 is 0 Å². The van der Waals surface area contributed by atoms with Gasteiger partial charge in [0.1, 0.15) is 5.75 Å². The highest BCUT2D eigenvalue weighted by molar-refractivity contribution is 5.96. The molecular weight excluding hydrogens is 348 g/mol. The number of hydrogen-bond acceptors (Lipinski definition) is 6. The zero-order valence-electron chi connectivity index (χ0n) is 15.7. The van der Waals surface area contributed by atoms with Gasteiger partial charge in [0.25, 0.3) is 5.91 Å². The molecule has 0 aromatic heterocycles. The third kappa shape index (κ3) is 5.64. The van der Waals surface area contributed by atoms with E-state index in [-0.39, 0.29) is 5.75 Å². The predicted molar refractivity (Wildman–Crippen MR) is 103 cm³/mol. The average Bonchev–Trinajstić information content (AvgIpc) is 2.66. The van der Waals surface area contributed by atoms with Gasteiger partial charge in [0.2, 0.25) is 5.75 Å². The maximum absolute atomic E-state index is 12.5. The number of carbonyl (C=O) groups excluding carboxylic acids is 1. The van der Waals surface area contributed by atoms with Crippen molar-refractivity contribution >= 4 is 12.1 Å². The molecule has 27 heavy (non-hydrogen) atoms. The highest BCUT2D eigenvalue weighted by atomic mass is 16.5. The molecule has 1 amide bonds. The summed E-state index contributed by atoms with van der Waals surface area (Å²) in [6.07, 6.45) is 1.48. The van der Waals surface area contributed by atoms with E-state index in [4.69, 9.17) is 14.2 Å². The normalized spacial score (nSPS) is 10.6. The second-order valence-electron chi connectivity index (χ2n) is 5.39. The Bertz CT molecular complexity index is 760. The van der Waals surface area contributed by atoms with E-state index in [1.54, 1.807) is 36.4 Å². The minimum absolute atomic E-state index is 0.164. The van der Waals surface area contributed by atoms with E-state index >= 15 is 0 Å². The van der Waals surface area contributed by atoms with Crippen molar-refractivity contribution in [3.8, 4) is 23.0 Å². The Morgan fingerprint density at radius 3 is 2.07 bits per heavy atom. The monoisotopic (exact) mass is 372 g/mol. The van der Waals surface area contributed by atoms with Crippen LogP contribution in [-0.4, -0.2) is 37.0 Å². The molecule has 0 bridgehead atoms. The van der Waals surface area contributed by atoms with Crippen LogP contribution in [0.25, 0.3) is 0 Å². The molecule has 0 radical (unpaired) electrons. The highest BCUT2D eigenvalue weighted by Gasteiger charge is 2.18. The SMILES string of the molecule is CCOc1cc(C(=O)N/N=C/c2ccc(O)cc2)cc(OCC)c1OCC. The number of phenols is 1. The lowest BCUT2D eigenvalue weighted by Crippen LogP contribution is -2.18. The van der Waals surface area contributed by atoms with E-state index in [2.05, 4.69) is 10.5 Å². The van der Waals surface area contributed by atoms with Crippen LogP contribution in [0.2, 0.25) is 0 Å². The number of aromatic hydroxyl groups is 1. The van der Waals surface area contributed by atoms with Gasteiger partial charge < -0.3 is 19.3 Å². The first-order valence-corrected chi connectivity index (χ1v) is 8.77. The lowest BCUT2D eigenvalue weighted by Gasteiger charge is -2.16. The number of hydrazone groups is 1. The molecule has 0 saturated carbocycles. The third-order valence-corrected chi connectivity index (χ3v) is 3.44. The van der Waals surface area contributed by atoms with Crippen molar-refractivity contribution < 1.29 is 24.1 Å². The van der Waals surface area contributed by atoms with Gasteiger partial charge in [-0.15, -0.1) is 0 Å². The van der Waals surface area contributed by atoms with E-state index in [1.807, 2.05) is 20.8 Å². The largest absolute Gasteiger partial charge is 0.508 e. The van der Waals surface area contributed by atoms with Crippen molar-refractivity contribution in [2.75, 3.05) is 19.8 Å². The molecule has 144 valence electrons. The molecule has 0 heterocycles. The van der Waals surface area contributed by atoms with Gasteiger partial charge in [-0.3, -0.25) is 4.79 Å². The number of hydrogen-bond donors (Lipinski definition) is 2. The summed E-state index contributed by atoms with van der Waals surface area (Å²) in [7, 11) is 0. The van der Waals surface area contributed by atoms with E-state index in [9.17, 15) is 9.90 Å². The number of phenolic OH excluding ortho intramolecular Hbond substituents is 1. The van der Waals surface area contributed by atoms with Gasteiger partial charge in [-0.25, -0.2) is 5.43 Å². The molecule has 0 fully saturated rings. The molecular formula is C20H24N2O5. The number of nitrogens with zero attached hydrogens (tertiary/aromatic N) is 1. The molecule has 0 saturated heterocycles. The summed E-state index contributed by atoms with van der Waals surface area (Å²) in [6.45, 7) is 6.87. The van der Waals surface area contributed by atoms with Crippen molar-refractivity contribution in [2.45, 2.75) is 20.8 Å². The van der Waals surface area contributed by atoms with Gasteiger partial charge in [0.05, 0.1) is 26.0 Å². The fourth-order valence-electron chi connectivity index (χ4n) is 2.31.